The fourth-order valence-corrected chi connectivity index (χ4v) is 2.65. The lowest BCUT2D eigenvalue weighted by Gasteiger charge is -2.21. The number of thioether (sulfide) groups is 1. The largest absolute Gasteiger partial charge is 0.342 e. The molecule has 0 fully saturated rings. The van der Waals surface area contributed by atoms with Crippen LogP contribution in [0.15, 0.2) is 16.0 Å². The summed E-state index contributed by atoms with van der Waals surface area (Å²) in [5, 5.41) is 0.524. The Balaban J connectivity index is 2.63. The fourth-order valence-electron chi connectivity index (χ4n) is 1.86. The molecule has 0 aliphatic heterocycles. The summed E-state index contributed by atoms with van der Waals surface area (Å²) in [7, 11) is 0. The average Bonchev–Trinajstić information content (AvgIpc) is 2.44. The summed E-state index contributed by atoms with van der Waals surface area (Å²) in [6.07, 6.45) is 2.62. The molecule has 1 heterocycles. The van der Waals surface area contributed by atoms with Crippen molar-refractivity contribution in [3.8, 4) is 0 Å². The summed E-state index contributed by atoms with van der Waals surface area (Å²) < 4.78 is 0. The number of rotatable bonds is 8. The number of hydrogen-bond donors (Lipinski definition) is 1. The number of H-pyrrole nitrogens is 1. The third-order valence-corrected chi connectivity index (χ3v) is 3.67. The SMILES string of the molecule is CCCN(CCC)C(=O)CSc1nc(CC)cc(=O)[nH]1. The molecule has 112 valence electrons. The van der Waals surface area contributed by atoms with Crippen molar-refractivity contribution >= 4 is 17.7 Å². The van der Waals surface area contributed by atoms with E-state index in [0.717, 1.165) is 31.6 Å². The molecule has 0 unspecified atom stereocenters. The maximum Gasteiger partial charge on any atom is 0.251 e. The lowest BCUT2D eigenvalue weighted by molar-refractivity contribution is -0.128. The number of carbonyl (C=O) groups is 1. The molecule has 0 aliphatic carbocycles. The molecule has 20 heavy (non-hydrogen) atoms. The van der Waals surface area contributed by atoms with Crippen LogP contribution in [0.2, 0.25) is 0 Å². The van der Waals surface area contributed by atoms with Crippen LogP contribution in [0.4, 0.5) is 0 Å². The first-order valence-corrected chi connectivity index (χ1v) is 8.10. The van der Waals surface area contributed by atoms with Gasteiger partial charge in [0.15, 0.2) is 5.16 Å². The average molecular weight is 297 g/mol. The van der Waals surface area contributed by atoms with E-state index in [1.54, 1.807) is 0 Å². The zero-order valence-corrected chi connectivity index (χ0v) is 13.3. The second-order valence-electron chi connectivity index (χ2n) is 4.56. The Kier molecular flexibility index (Phi) is 7.36. The molecule has 1 aromatic rings. The molecule has 1 rings (SSSR count). The highest BCUT2D eigenvalue weighted by Gasteiger charge is 2.13. The Morgan fingerprint density at radius 2 is 1.95 bits per heavy atom. The van der Waals surface area contributed by atoms with Crippen LogP contribution in [-0.2, 0) is 11.2 Å². The fraction of sp³-hybridized carbons (Fsp3) is 0.643. The third-order valence-electron chi connectivity index (χ3n) is 2.81. The van der Waals surface area contributed by atoms with Crippen molar-refractivity contribution in [2.24, 2.45) is 0 Å². The molecule has 0 atom stereocenters. The van der Waals surface area contributed by atoms with Gasteiger partial charge in [0.05, 0.1) is 5.75 Å². The van der Waals surface area contributed by atoms with E-state index in [4.69, 9.17) is 0 Å². The zero-order chi connectivity index (χ0) is 15.0. The van der Waals surface area contributed by atoms with E-state index in [0.29, 0.717) is 17.3 Å². The Bertz CT molecular complexity index is 482. The Hall–Kier alpha value is -1.30. The first kappa shape index (κ1) is 16.8. The van der Waals surface area contributed by atoms with Crippen LogP contribution in [0, 0.1) is 0 Å². The quantitative estimate of drug-likeness (QED) is 0.589. The number of aryl methyl sites for hydroxylation is 1. The number of nitrogens with zero attached hydrogens (tertiary/aromatic N) is 2. The van der Waals surface area contributed by atoms with Gasteiger partial charge in [-0.1, -0.05) is 32.5 Å². The van der Waals surface area contributed by atoms with Crippen molar-refractivity contribution < 1.29 is 4.79 Å². The summed E-state index contributed by atoms with van der Waals surface area (Å²) in [5.74, 6) is 0.416. The molecule has 1 aromatic heterocycles. The molecule has 0 aromatic carbocycles. The molecule has 0 spiro atoms. The maximum atomic E-state index is 12.1. The van der Waals surface area contributed by atoms with Crippen LogP contribution in [0.3, 0.4) is 0 Å². The van der Waals surface area contributed by atoms with E-state index in [9.17, 15) is 9.59 Å². The number of carbonyl (C=O) groups excluding carboxylic acids is 1. The van der Waals surface area contributed by atoms with Gasteiger partial charge in [0, 0.05) is 24.8 Å². The van der Waals surface area contributed by atoms with Gasteiger partial charge >= 0.3 is 0 Å². The predicted molar refractivity (Wildman–Crippen MR) is 82.1 cm³/mol. The molecule has 1 N–H and O–H groups in total. The van der Waals surface area contributed by atoms with Crippen LogP contribution in [0.25, 0.3) is 0 Å². The van der Waals surface area contributed by atoms with E-state index < -0.39 is 0 Å². The maximum absolute atomic E-state index is 12.1. The second-order valence-corrected chi connectivity index (χ2v) is 5.53. The van der Waals surface area contributed by atoms with Crippen LogP contribution in [-0.4, -0.2) is 39.6 Å². The molecule has 1 amide bonds. The van der Waals surface area contributed by atoms with Gasteiger partial charge in [0.2, 0.25) is 5.91 Å². The van der Waals surface area contributed by atoms with Gasteiger partial charge in [0.1, 0.15) is 0 Å². The van der Waals surface area contributed by atoms with Gasteiger partial charge < -0.3 is 9.88 Å². The van der Waals surface area contributed by atoms with Gasteiger partial charge in [-0.2, -0.15) is 0 Å². The normalized spacial score (nSPS) is 10.6. The van der Waals surface area contributed by atoms with Crippen LogP contribution >= 0.6 is 11.8 Å². The molecule has 6 heteroatoms. The standard InChI is InChI=1S/C14H23N3O2S/c1-4-7-17(8-5-2)13(19)10-20-14-15-11(6-3)9-12(18)16-14/h9H,4-8,10H2,1-3H3,(H,15,16,18). The lowest BCUT2D eigenvalue weighted by atomic mass is 10.3. The van der Waals surface area contributed by atoms with E-state index in [-0.39, 0.29) is 11.5 Å². The number of nitrogens with one attached hydrogen (secondary N) is 1. The van der Waals surface area contributed by atoms with Crippen molar-refractivity contribution in [1.82, 2.24) is 14.9 Å². The number of aromatic amines is 1. The van der Waals surface area contributed by atoms with Crippen LogP contribution in [0.5, 0.6) is 0 Å². The van der Waals surface area contributed by atoms with Crippen LogP contribution in [0.1, 0.15) is 39.3 Å². The molecular formula is C14H23N3O2S. The molecule has 0 radical (unpaired) electrons. The Labute approximate surface area is 124 Å². The van der Waals surface area contributed by atoms with Crippen molar-refractivity contribution in [1.29, 1.82) is 0 Å². The predicted octanol–water partition coefficient (Wildman–Crippen LogP) is 2.07. The topological polar surface area (TPSA) is 66.1 Å². The minimum Gasteiger partial charge on any atom is -0.342 e. The van der Waals surface area contributed by atoms with E-state index in [1.165, 1.54) is 17.8 Å². The summed E-state index contributed by atoms with van der Waals surface area (Å²) in [6, 6.07) is 1.49. The molecule has 5 nitrogen and oxygen atoms in total. The molecular weight excluding hydrogens is 274 g/mol. The Morgan fingerprint density at radius 1 is 1.30 bits per heavy atom. The van der Waals surface area contributed by atoms with Gasteiger partial charge in [-0.3, -0.25) is 9.59 Å². The van der Waals surface area contributed by atoms with Gasteiger partial charge in [-0.05, 0) is 19.3 Å². The minimum atomic E-state index is -0.161. The van der Waals surface area contributed by atoms with E-state index in [2.05, 4.69) is 23.8 Å². The zero-order valence-electron chi connectivity index (χ0n) is 12.4. The van der Waals surface area contributed by atoms with Crippen molar-refractivity contribution in [3.05, 3.63) is 22.1 Å². The smallest absolute Gasteiger partial charge is 0.251 e. The van der Waals surface area contributed by atoms with E-state index in [1.807, 2.05) is 11.8 Å². The Morgan fingerprint density at radius 3 is 2.50 bits per heavy atom. The molecule has 0 aliphatic rings. The van der Waals surface area contributed by atoms with Crippen molar-refractivity contribution in [3.63, 3.8) is 0 Å². The second kappa shape index (κ2) is 8.79. The highest BCUT2D eigenvalue weighted by molar-refractivity contribution is 7.99. The van der Waals surface area contributed by atoms with Gasteiger partial charge in [0.25, 0.3) is 5.56 Å². The van der Waals surface area contributed by atoms with Gasteiger partial charge in [-0.25, -0.2) is 4.98 Å². The summed E-state index contributed by atoms with van der Waals surface area (Å²) in [4.78, 5) is 32.4. The highest BCUT2D eigenvalue weighted by atomic mass is 32.2. The summed E-state index contributed by atoms with van der Waals surface area (Å²) in [6.45, 7) is 7.64. The number of aromatic nitrogens is 2. The van der Waals surface area contributed by atoms with Crippen molar-refractivity contribution in [2.75, 3.05) is 18.8 Å². The summed E-state index contributed by atoms with van der Waals surface area (Å²) >= 11 is 1.29. The lowest BCUT2D eigenvalue weighted by Crippen LogP contribution is -2.33. The first-order valence-electron chi connectivity index (χ1n) is 7.11. The van der Waals surface area contributed by atoms with Crippen molar-refractivity contribution in [2.45, 2.75) is 45.2 Å². The molecule has 0 bridgehead atoms. The van der Waals surface area contributed by atoms with E-state index >= 15 is 0 Å². The highest BCUT2D eigenvalue weighted by Crippen LogP contribution is 2.13. The molecule has 0 saturated carbocycles. The number of hydrogen-bond acceptors (Lipinski definition) is 4. The monoisotopic (exact) mass is 297 g/mol. The number of amides is 1. The van der Waals surface area contributed by atoms with Crippen LogP contribution < -0.4 is 5.56 Å². The van der Waals surface area contributed by atoms with Gasteiger partial charge in [-0.15, -0.1) is 0 Å². The first-order chi connectivity index (χ1) is 9.60. The third kappa shape index (κ3) is 5.36. The molecule has 0 saturated heterocycles. The minimum absolute atomic E-state index is 0.100. The summed E-state index contributed by atoms with van der Waals surface area (Å²) in [5.41, 5.74) is 0.591.